The SMILES string of the molecule is CC(CNC(C)(C)C)C(C)N1CCSC(C)(C)C1. The molecule has 2 atom stereocenters. The van der Waals surface area contributed by atoms with Gasteiger partial charge in [-0.25, -0.2) is 0 Å². The third-order valence-electron chi connectivity index (χ3n) is 3.81. The summed E-state index contributed by atoms with van der Waals surface area (Å²) >= 11 is 2.11. The molecule has 0 saturated carbocycles. The van der Waals surface area contributed by atoms with Crippen molar-refractivity contribution < 1.29 is 0 Å². The van der Waals surface area contributed by atoms with Gasteiger partial charge in [0.25, 0.3) is 0 Å². The molecule has 1 saturated heterocycles. The van der Waals surface area contributed by atoms with Gasteiger partial charge < -0.3 is 5.32 Å². The first kappa shape index (κ1) is 16.3. The predicted molar refractivity (Wildman–Crippen MR) is 84.5 cm³/mol. The molecule has 3 heteroatoms. The molecule has 18 heavy (non-hydrogen) atoms. The van der Waals surface area contributed by atoms with E-state index in [4.69, 9.17) is 0 Å². The highest BCUT2D eigenvalue weighted by Crippen LogP contribution is 2.31. The second kappa shape index (κ2) is 6.15. The molecule has 0 bridgehead atoms. The maximum atomic E-state index is 3.63. The average Bonchev–Trinajstić information content (AvgIpc) is 2.22. The Morgan fingerprint density at radius 3 is 2.39 bits per heavy atom. The van der Waals surface area contributed by atoms with Crippen LogP contribution in [0.25, 0.3) is 0 Å². The normalized spacial score (nSPS) is 24.8. The summed E-state index contributed by atoms with van der Waals surface area (Å²) in [4.78, 5) is 2.67. The Morgan fingerprint density at radius 1 is 1.28 bits per heavy atom. The summed E-state index contributed by atoms with van der Waals surface area (Å²) in [7, 11) is 0. The number of nitrogens with zero attached hydrogens (tertiary/aromatic N) is 1. The van der Waals surface area contributed by atoms with Crippen LogP contribution in [-0.4, -0.2) is 46.6 Å². The van der Waals surface area contributed by atoms with Gasteiger partial charge >= 0.3 is 0 Å². The number of hydrogen-bond acceptors (Lipinski definition) is 3. The highest BCUT2D eigenvalue weighted by Gasteiger charge is 2.31. The van der Waals surface area contributed by atoms with E-state index >= 15 is 0 Å². The van der Waals surface area contributed by atoms with Gasteiger partial charge in [0.15, 0.2) is 0 Å². The quantitative estimate of drug-likeness (QED) is 0.846. The van der Waals surface area contributed by atoms with Gasteiger partial charge in [-0.3, -0.25) is 4.90 Å². The topological polar surface area (TPSA) is 15.3 Å². The van der Waals surface area contributed by atoms with Gasteiger partial charge in [0, 0.05) is 35.2 Å². The summed E-state index contributed by atoms with van der Waals surface area (Å²) in [6.45, 7) is 19.8. The van der Waals surface area contributed by atoms with Crippen molar-refractivity contribution in [3.63, 3.8) is 0 Å². The largest absolute Gasteiger partial charge is 0.312 e. The zero-order valence-corrected chi connectivity index (χ0v) is 14.2. The van der Waals surface area contributed by atoms with Gasteiger partial charge in [-0.15, -0.1) is 0 Å². The zero-order valence-electron chi connectivity index (χ0n) is 13.3. The van der Waals surface area contributed by atoms with E-state index in [2.05, 4.69) is 70.4 Å². The molecule has 0 aromatic heterocycles. The molecule has 1 fully saturated rings. The standard InChI is InChI=1S/C15H32N2S/c1-12(10-16-14(3,4)5)13(2)17-8-9-18-15(6,7)11-17/h12-13,16H,8-11H2,1-7H3. The van der Waals surface area contributed by atoms with Gasteiger partial charge in [0.1, 0.15) is 0 Å². The Balaban J connectivity index is 2.45. The van der Waals surface area contributed by atoms with Gasteiger partial charge in [-0.05, 0) is 54.0 Å². The minimum Gasteiger partial charge on any atom is -0.312 e. The van der Waals surface area contributed by atoms with Crippen molar-refractivity contribution in [1.82, 2.24) is 10.2 Å². The summed E-state index contributed by atoms with van der Waals surface area (Å²) in [6.07, 6.45) is 0. The van der Waals surface area contributed by atoms with Crippen LogP contribution in [0, 0.1) is 5.92 Å². The van der Waals surface area contributed by atoms with Gasteiger partial charge in [-0.2, -0.15) is 11.8 Å². The molecule has 0 aromatic carbocycles. The highest BCUT2D eigenvalue weighted by atomic mass is 32.2. The first-order chi connectivity index (χ1) is 8.11. The van der Waals surface area contributed by atoms with Crippen LogP contribution in [0.15, 0.2) is 0 Å². The third kappa shape index (κ3) is 5.50. The van der Waals surface area contributed by atoms with Crippen LogP contribution in [0.1, 0.15) is 48.5 Å². The molecule has 1 heterocycles. The van der Waals surface area contributed by atoms with Gasteiger partial charge in [0.05, 0.1) is 0 Å². The third-order valence-corrected chi connectivity index (χ3v) is 5.11. The Bertz CT molecular complexity index is 258. The van der Waals surface area contributed by atoms with Crippen molar-refractivity contribution in [2.24, 2.45) is 5.92 Å². The summed E-state index contributed by atoms with van der Waals surface area (Å²) in [5.41, 5.74) is 0.227. The molecule has 1 rings (SSSR count). The average molecular weight is 273 g/mol. The molecule has 0 aromatic rings. The van der Waals surface area contributed by atoms with Crippen molar-refractivity contribution in [3.8, 4) is 0 Å². The molecule has 2 unspecified atom stereocenters. The zero-order chi connectivity index (χ0) is 14.0. The molecule has 1 aliphatic rings. The molecule has 0 aliphatic carbocycles. The van der Waals surface area contributed by atoms with E-state index in [9.17, 15) is 0 Å². The molecule has 108 valence electrons. The molecule has 0 amide bonds. The van der Waals surface area contributed by atoms with Crippen molar-refractivity contribution in [1.29, 1.82) is 0 Å². The second-order valence-corrected chi connectivity index (χ2v) is 9.23. The van der Waals surface area contributed by atoms with Crippen molar-refractivity contribution >= 4 is 11.8 Å². The lowest BCUT2D eigenvalue weighted by atomic mass is 9.98. The molecule has 2 nitrogen and oxygen atoms in total. The fraction of sp³-hybridized carbons (Fsp3) is 1.00. The maximum absolute atomic E-state index is 3.63. The van der Waals surface area contributed by atoms with Crippen LogP contribution in [-0.2, 0) is 0 Å². The maximum Gasteiger partial charge on any atom is 0.0231 e. The van der Waals surface area contributed by atoms with E-state index in [-0.39, 0.29) is 5.54 Å². The Kier molecular flexibility index (Phi) is 5.58. The molecule has 1 N–H and O–H groups in total. The van der Waals surface area contributed by atoms with E-state index in [1.807, 2.05) is 0 Å². The van der Waals surface area contributed by atoms with Crippen molar-refractivity contribution in [3.05, 3.63) is 0 Å². The summed E-state index contributed by atoms with van der Waals surface area (Å²) in [5.74, 6) is 1.97. The lowest BCUT2D eigenvalue weighted by molar-refractivity contribution is 0.148. The summed E-state index contributed by atoms with van der Waals surface area (Å²) in [5, 5.41) is 3.63. The van der Waals surface area contributed by atoms with Gasteiger partial charge in [-0.1, -0.05) is 6.92 Å². The van der Waals surface area contributed by atoms with Gasteiger partial charge in [0.2, 0.25) is 0 Å². The number of hydrogen-bond donors (Lipinski definition) is 1. The first-order valence-corrected chi connectivity index (χ1v) is 8.22. The second-order valence-electron chi connectivity index (χ2n) is 7.43. The molecule has 0 spiro atoms. The molecule has 0 radical (unpaired) electrons. The molecular weight excluding hydrogens is 240 g/mol. The Hall–Kier alpha value is 0.270. The fourth-order valence-electron chi connectivity index (χ4n) is 2.40. The minimum atomic E-state index is 0.227. The van der Waals surface area contributed by atoms with Crippen molar-refractivity contribution in [2.75, 3.05) is 25.4 Å². The molecule has 1 aliphatic heterocycles. The lowest BCUT2D eigenvalue weighted by Gasteiger charge is -2.43. The van der Waals surface area contributed by atoms with Crippen molar-refractivity contribution in [2.45, 2.75) is 64.8 Å². The number of rotatable bonds is 4. The van der Waals surface area contributed by atoms with Crippen LogP contribution in [0.4, 0.5) is 0 Å². The van der Waals surface area contributed by atoms with E-state index in [0.717, 1.165) is 6.54 Å². The monoisotopic (exact) mass is 272 g/mol. The van der Waals surface area contributed by atoms with E-state index in [0.29, 0.717) is 16.7 Å². The number of thioether (sulfide) groups is 1. The van der Waals surface area contributed by atoms with E-state index < -0.39 is 0 Å². The number of nitrogens with one attached hydrogen (secondary N) is 1. The van der Waals surface area contributed by atoms with E-state index in [1.165, 1.54) is 18.8 Å². The first-order valence-electron chi connectivity index (χ1n) is 7.24. The fourth-order valence-corrected chi connectivity index (χ4v) is 3.53. The Morgan fingerprint density at radius 2 is 1.89 bits per heavy atom. The van der Waals surface area contributed by atoms with Crippen LogP contribution < -0.4 is 5.32 Å². The highest BCUT2D eigenvalue weighted by molar-refractivity contribution is 8.00. The minimum absolute atomic E-state index is 0.227. The Labute approximate surface area is 118 Å². The van der Waals surface area contributed by atoms with Crippen LogP contribution in [0.5, 0.6) is 0 Å². The van der Waals surface area contributed by atoms with Crippen LogP contribution >= 0.6 is 11.8 Å². The van der Waals surface area contributed by atoms with E-state index in [1.54, 1.807) is 0 Å². The smallest absolute Gasteiger partial charge is 0.0231 e. The van der Waals surface area contributed by atoms with Crippen LogP contribution in [0.3, 0.4) is 0 Å². The molecular formula is C15H32N2S. The van der Waals surface area contributed by atoms with Crippen LogP contribution in [0.2, 0.25) is 0 Å². The lowest BCUT2D eigenvalue weighted by Crippen LogP contribution is -2.51. The summed E-state index contributed by atoms with van der Waals surface area (Å²) < 4.78 is 0.420. The summed E-state index contributed by atoms with van der Waals surface area (Å²) in [6, 6.07) is 0.667. The predicted octanol–water partition coefficient (Wildman–Crippen LogP) is 3.23.